The molecule has 5 heteroatoms. The first-order valence-corrected chi connectivity index (χ1v) is 6.76. The molecular weight excluding hydrogens is 236 g/mol. The minimum absolute atomic E-state index is 0.107. The summed E-state index contributed by atoms with van der Waals surface area (Å²) in [6.07, 6.45) is 2.66. The van der Waals surface area contributed by atoms with Crippen LogP contribution in [-0.2, 0) is 4.79 Å². The second-order valence-electron chi connectivity index (χ2n) is 3.80. The van der Waals surface area contributed by atoms with Crippen LogP contribution in [0.5, 0.6) is 5.75 Å². The molecule has 1 aromatic carbocycles. The van der Waals surface area contributed by atoms with Gasteiger partial charge < -0.3 is 15.7 Å². The molecule has 0 spiro atoms. The van der Waals surface area contributed by atoms with Crippen molar-refractivity contribution >= 4 is 23.4 Å². The molecule has 0 radical (unpaired) electrons. The van der Waals surface area contributed by atoms with Gasteiger partial charge in [0.1, 0.15) is 5.75 Å². The van der Waals surface area contributed by atoms with Crippen molar-refractivity contribution in [2.24, 2.45) is 5.73 Å². The Labute approximate surface area is 106 Å². The van der Waals surface area contributed by atoms with E-state index in [1.807, 2.05) is 6.26 Å². The third kappa shape index (κ3) is 3.94. The van der Waals surface area contributed by atoms with Crippen LogP contribution >= 0.6 is 11.8 Å². The molecule has 0 bridgehead atoms. The second kappa shape index (κ2) is 6.51. The minimum Gasteiger partial charge on any atom is -0.508 e. The molecule has 0 aliphatic rings. The molecule has 0 aliphatic heterocycles. The number of nitrogens with zero attached hydrogens (tertiary/aromatic N) is 1. The maximum absolute atomic E-state index is 12.0. The molecule has 1 rings (SSSR count). The molecular formula is C12H18N2O2S. The molecule has 0 aliphatic carbocycles. The van der Waals surface area contributed by atoms with Crippen LogP contribution in [-0.4, -0.2) is 36.1 Å². The Kier molecular flexibility index (Phi) is 5.31. The Morgan fingerprint density at radius 3 is 2.59 bits per heavy atom. The third-order valence-corrected chi connectivity index (χ3v) is 3.16. The smallest absolute Gasteiger partial charge is 0.243 e. The standard InChI is InChI=1S/C12H18N2O2S/c1-14(9-3-5-10(15)6-4-9)12(16)11(13)7-8-17-2/h3-6,11,15H,7-8,13H2,1-2H3/t11-/m1/s1. The average Bonchev–Trinajstić information content (AvgIpc) is 2.35. The molecule has 1 atom stereocenters. The highest BCUT2D eigenvalue weighted by Crippen LogP contribution is 2.18. The fourth-order valence-corrected chi connectivity index (χ4v) is 1.91. The molecule has 0 heterocycles. The predicted molar refractivity (Wildman–Crippen MR) is 72.5 cm³/mol. The zero-order chi connectivity index (χ0) is 12.8. The van der Waals surface area contributed by atoms with E-state index in [0.717, 1.165) is 11.4 Å². The molecule has 0 saturated heterocycles. The number of hydrogen-bond donors (Lipinski definition) is 2. The molecule has 4 nitrogen and oxygen atoms in total. The van der Waals surface area contributed by atoms with Gasteiger partial charge in [-0.05, 0) is 42.7 Å². The van der Waals surface area contributed by atoms with Crippen LogP contribution in [0, 0.1) is 0 Å². The molecule has 0 saturated carbocycles. The fourth-order valence-electron chi connectivity index (χ4n) is 1.42. The SMILES string of the molecule is CSCC[C@@H](N)C(=O)N(C)c1ccc(O)cc1. The monoisotopic (exact) mass is 254 g/mol. The van der Waals surface area contributed by atoms with Crippen molar-refractivity contribution in [3.05, 3.63) is 24.3 Å². The van der Waals surface area contributed by atoms with Gasteiger partial charge in [-0.25, -0.2) is 0 Å². The van der Waals surface area contributed by atoms with Gasteiger partial charge in [-0.1, -0.05) is 0 Å². The Morgan fingerprint density at radius 1 is 1.47 bits per heavy atom. The zero-order valence-electron chi connectivity index (χ0n) is 10.1. The summed E-state index contributed by atoms with van der Waals surface area (Å²) in [5, 5.41) is 9.17. The Balaban J connectivity index is 2.65. The van der Waals surface area contributed by atoms with Crippen molar-refractivity contribution in [3.63, 3.8) is 0 Å². The van der Waals surface area contributed by atoms with Crippen molar-refractivity contribution in [1.82, 2.24) is 0 Å². The van der Waals surface area contributed by atoms with Gasteiger partial charge in [-0.3, -0.25) is 4.79 Å². The number of phenols is 1. The van der Waals surface area contributed by atoms with Crippen LogP contribution in [0.4, 0.5) is 5.69 Å². The number of amides is 1. The summed E-state index contributed by atoms with van der Waals surface area (Å²) in [6.45, 7) is 0. The number of anilines is 1. The molecule has 1 aromatic rings. The highest BCUT2D eigenvalue weighted by Gasteiger charge is 2.18. The van der Waals surface area contributed by atoms with Crippen LogP contribution in [0.3, 0.4) is 0 Å². The normalized spacial score (nSPS) is 12.2. The Bertz CT molecular complexity index is 367. The number of thioether (sulfide) groups is 1. The van der Waals surface area contributed by atoms with Gasteiger partial charge in [-0.2, -0.15) is 11.8 Å². The van der Waals surface area contributed by atoms with E-state index in [0.29, 0.717) is 6.42 Å². The van der Waals surface area contributed by atoms with Gasteiger partial charge in [0.2, 0.25) is 5.91 Å². The highest BCUT2D eigenvalue weighted by atomic mass is 32.2. The molecule has 94 valence electrons. The molecule has 3 N–H and O–H groups in total. The van der Waals surface area contributed by atoms with E-state index in [1.54, 1.807) is 43.1 Å². The Morgan fingerprint density at radius 2 is 2.06 bits per heavy atom. The number of hydrogen-bond acceptors (Lipinski definition) is 4. The van der Waals surface area contributed by atoms with Crippen molar-refractivity contribution in [2.75, 3.05) is 24.0 Å². The Hall–Kier alpha value is -1.20. The number of rotatable bonds is 5. The summed E-state index contributed by atoms with van der Waals surface area (Å²) >= 11 is 1.67. The summed E-state index contributed by atoms with van der Waals surface area (Å²) < 4.78 is 0. The number of nitrogens with two attached hydrogens (primary N) is 1. The van der Waals surface area contributed by atoms with E-state index in [-0.39, 0.29) is 11.7 Å². The van der Waals surface area contributed by atoms with E-state index in [2.05, 4.69) is 0 Å². The fraction of sp³-hybridized carbons (Fsp3) is 0.417. The van der Waals surface area contributed by atoms with Crippen LogP contribution in [0.2, 0.25) is 0 Å². The van der Waals surface area contributed by atoms with Crippen LogP contribution in [0.15, 0.2) is 24.3 Å². The maximum Gasteiger partial charge on any atom is 0.243 e. The van der Waals surface area contributed by atoms with Crippen molar-refractivity contribution in [2.45, 2.75) is 12.5 Å². The molecule has 0 fully saturated rings. The third-order valence-electron chi connectivity index (χ3n) is 2.52. The average molecular weight is 254 g/mol. The largest absolute Gasteiger partial charge is 0.508 e. The molecule has 0 aromatic heterocycles. The highest BCUT2D eigenvalue weighted by molar-refractivity contribution is 7.98. The molecule has 1 amide bonds. The lowest BCUT2D eigenvalue weighted by Gasteiger charge is -2.21. The van der Waals surface area contributed by atoms with Crippen molar-refractivity contribution in [3.8, 4) is 5.75 Å². The molecule has 17 heavy (non-hydrogen) atoms. The van der Waals surface area contributed by atoms with Crippen LogP contribution < -0.4 is 10.6 Å². The van der Waals surface area contributed by atoms with Gasteiger partial charge in [0.15, 0.2) is 0 Å². The first-order chi connectivity index (χ1) is 8.06. The van der Waals surface area contributed by atoms with Gasteiger partial charge in [-0.15, -0.1) is 0 Å². The number of likely N-dealkylation sites (N-methyl/N-ethyl adjacent to an activating group) is 1. The summed E-state index contributed by atoms with van der Waals surface area (Å²) in [4.78, 5) is 13.5. The van der Waals surface area contributed by atoms with E-state index < -0.39 is 6.04 Å². The second-order valence-corrected chi connectivity index (χ2v) is 4.79. The van der Waals surface area contributed by atoms with Crippen molar-refractivity contribution in [1.29, 1.82) is 0 Å². The summed E-state index contributed by atoms with van der Waals surface area (Å²) in [7, 11) is 1.69. The number of benzene rings is 1. The summed E-state index contributed by atoms with van der Waals surface area (Å²) in [5.41, 5.74) is 6.55. The summed E-state index contributed by atoms with van der Waals surface area (Å²) in [5.74, 6) is 0.946. The number of carbonyl (C=O) groups is 1. The predicted octanol–water partition coefficient (Wildman–Crippen LogP) is 1.44. The lowest BCUT2D eigenvalue weighted by molar-refractivity contribution is -0.119. The van der Waals surface area contributed by atoms with Gasteiger partial charge >= 0.3 is 0 Å². The minimum atomic E-state index is -0.471. The van der Waals surface area contributed by atoms with Crippen molar-refractivity contribution < 1.29 is 9.90 Å². The lowest BCUT2D eigenvalue weighted by Crippen LogP contribution is -2.42. The quantitative estimate of drug-likeness (QED) is 0.834. The first kappa shape index (κ1) is 13.9. The summed E-state index contributed by atoms with van der Waals surface area (Å²) in [6, 6.07) is 6.00. The van der Waals surface area contributed by atoms with Crippen LogP contribution in [0.1, 0.15) is 6.42 Å². The lowest BCUT2D eigenvalue weighted by atomic mass is 10.2. The van der Waals surface area contributed by atoms with Gasteiger partial charge in [0.25, 0.3) is 0 Å². The first-order valence-electron chi connectivity index (χ1n) is 5.37. The van der Waals surface area contributed by atoms with E-state index in [4.69, 9.17) is 5.73 Å². The number of aromatic hydroxyl groups is 1. The van der Waals surface area contributed by atoms with Crippen LogP contribution in [0.25, 0.3) is 0 Å². The van der Waals surface area contributed by atoms with Gasteiger partial charge in [0, 0.05) is 12.7 Å². The van der Waals surface area contributed by atoms with E-state index in [9.17, 15) is 9.90 Å². The number of carbonyl (C=O) groups excluding carboxylic acids is 1. The van der Waals surface area contributed by atoms with E-state index >= 15 is 0 Å². The molecule has 0 unspecified atom stereocenters. The number of phenolic OH excluding ortho intramolecular Hbond substituents is 1. The van der Waals surface area contributed by atoms with E-state index in [1.165, 1.54) is 4.90 Å². The maximum atomic E-state index is 12.0. The zero-order valence-corrected chi connectivity index (χ0v) is 10.9. The van der Waals surface area contributed by atoms with Gasteiger partial charge in [0.05, 0.1) is 6.04 Å². The topological polar surface area (TPSA) is 66.6 Å².